The predicted octanol–water partition coefficient (Wildman–Crippen LogP) is 2.50. The van der Waals surface area contributed by atoms with E-state index in [0.717, 1.165) is 12.1 Å². The first-order valence-corrected chi connectivity index (χ1v) is 5.27. The first-order chi connectivity index (χ1) is 6.57. The number of aliphatic hydroxyl groups is 1. The molecule has 1 rings (SSSR count). The minimum atomic E-state index is -1.54. The molecule has 14 heavy (non-hydrogen) atoms. The minimum Gasteiger partial charge on any atom is -0.387 e. The van der Waals surface area contributed by atoms with Crippen LogP contribution in [0.5, 0.6) is 0 Å². The highest BCUT2D eigenvalue weighted by atomic mass is 32.2. The summed E-state index contributed by atoms with van der Waals surface area (Å²) >= 11 is 1.29. The van der Waals surface area contributed by atoms with E-state index in [0.29, 0.717) is 0 Å². The quantitative estimate of drug-likeness (QED) is 0.793. The molecule has 0 saturated heterocycles. The van der Waals surface area contributed by atoms with E-state index in [4.69, 9.17) is 0 Å². The lowest BCUT2D eigenvalue weighted by molar-refractivity contribution is 0.197. The van der Waals surface area contributed by atoms with E-state index in [1.807, 2.05) is 0 Å². The van der Waals surface area contributed by atoms with Crippen LogP contribution in [-0.4, -0.2) is 17.1 Å². The monoisotopic (exact) mass is 222 g/mol. The Hall–Kier alpha value is -0.680. The summed E-state index contributed by atoms with van der Waals surface area (Å²) in [5.41, 5.74) is -0.210. The van der Waals surface area contributed by atoms with Gasteiger partial charge in [-0.05, 0) is 12.3 Å². The molecule has 0 amide bonds. The largest absolute Gasteiger partial charge is 0.387 e. The summed E-state index contributed by atoms with van der Waals surface area (Å²) in [4.78, 5) is 0. The van der Waals surface area contributed by atoms with E-state index in [1.165, 1.54) is 11.8 Å². The lowest BCUT2D eigenvalue weighted by atomic mass is 10.1. The molecule has 0 aliphatic carbocycles. The van der Waals surface area contributed by atoms with E-state index >= 15 is 0 Å². The fourth-order valence-corrected chi connectivity index (χ4v) is 1.54. The number of benzene rings is 1. The van der Waals surface area contributed by atoms with Gasteiger partial charge in [0.1, 0.15) is 0 Å². The van der Waals surface area contributed by atoms with Gasteiger partial charge >= 0.3 is 0 Å². The third-order valence-corrected chi connectivity index (χ3v) is 2.40. The van der Waals surface area contributed by atoms with E-state index in [1.54, 1.807) is 6.26 Å². The molecule has 0 aliphatic rings. The summed E-state index contributed by atoms with van der Waals surface area (Å²) in [6.45, 7) is 0. The van der Waals surface area contributed by atoms with E-state index < -0.39 is 23.6 Å². The van der Waals surface area contributed by atoms with Crippen LogP contribution in [0.1, 0.15) is 11.7 Å². The molecule has 1 nitrogen and oxygen atoms in total. The van der Waals surface area contributed by atoms with Gasteiger partial charge in [0.2, 0.25) is 0 Å². The fraction of sp³-hybridized carbons (Fsp3) is 0.333. The Morgan fingerprint density at radius 3 is 2.50 bits per heavy atom. The SMILES string of the molecule is CSCC(O)c1ccc(F)c(F)c1F. The molecule has 78 valence electrons. The second kappa shape index (κ2) is 4.70. The van der Waals surface area contributed by atoms with Crippen molar-refractivity contribution in [1.82, 2.24) is 0 Å². The normalized spacial score (nSPS) is 12.9. The molecule has 5 heteroatoms. The van der Waals surface area contributed by atoms with Crippen molar-refractivity contribution in [3.8, 4) is 0 Å². The first-order valence-electron chi connectivity index (χ1n) is 3.88. The smallest absolute Gasteiger partial charge is 0.194 e. The number of rotatable bonds is 3. The van der Waals surface area contributed by atoms with Crippen molar-refractivity contribution in [2.24, 2.45) is 0 Å². The van der Waals surface area contributed by atoms with Gasteiger partial charge in [0.15, 0.2) is 17.5 Å². The van der Waals surface area contributed by atoms with Crippen LogP contribution >= 0.6 is 11.8 Å². The van der Waals surface area contributed by atoms with Crippen molar-refractivity contribution in [2.45, 2.75) is 6.10 Å². The number of halogens is 3. The molecule has 1 aromatic rings. The standard InChI is InChI=1S/C9H9F3OS/c1-14-4-7(13)5-2-3-6(10)9(12)8(5)11/h2-3,7,13H,4H2,1H3. The van der Waals surface area contributed by atoms with Gasteiger partial charge in [-0.2, -0.15) is 11.8 Å². The first kappa shape index (κ1) is 11.4. The third kappa shape index (κ3) is 2.22. The van der Waals surface area contributed by atoms with Gasteiger partial charge in [0.25, 0.3) is 0 Å². The maximum atomic E-state index is 13.1. The van der Waals surface area contributed by atoms with Crippen molar-refractivity contribution in [3.05, 3.63) is 35.1 Å². The Balaban J connectivity index is 3.04. The lowest BCUT2D eigenvalue weighted by Crippen LogP contribution is -2.06. The van der Waals surface area contributed by atoms with Gasteiger partial charge in [0.05, 0.1) is 6.10 Å². The summed E-state index contributed by atoms with van der Waals surface area (Å²) in [6, 6.07) is 1.85. The van der Waals surface area contributed by atoms with E-state index in [-0.39, 0.29) is 11.3 Å². The van der Waals surface area contributed by atoms with Crippen LogP contribution < -0.4 is 0 Å². The second-order valence-corrected chi connectivity index (χ2v) is 3.65. The van der Waals surface area contributed by atoms with E-state index in [9.17, 15) is 18.3 Å². The van der Waals surface area contributed by atoms with Crippen LogP contribution in [0.15, 0.2) is 12.1 Å². The highest BCUT2D eigenvalue weighted by Gasteiger charge is 2.18. The van der Waals surface area contributed by atoms with Gasteiger partial charge in [-0.25, -0.2) is 13.2 Å². The van der Waals surface area contributed by atoms with Crippen LogP contribution in [0.3, 0.4) is 0 Å². The van der Waals surface area contributed by atoms with Crippen LogP contribution in [0.2, 0.25) is 0 Å². The van der Waals surface area contributed by atoms with Crippen LogP contribution in [0.4, 0.5) is 13.2 Å². The molecule has 1 atom stereocenters. The molecular formula is C9H9F3OS. The predicted molar refractivity (Wildman–Crippen MR) is 49.7 cm³/mol. The molecule has 0 heterocycles. The van der Waals surface area contributed by atoms with Crippen LogP contribution in [0, 0.1) is 17.5 Å². The maximum absolute atomic E-state index is 13.1. The molecule has 0 radical (unpaired) electrons. The summed E-state index contributed by atoms with van der Waals surface area (Å²) in [7, 11) is 0. The van der Waals surface area contributed by atoms with Crippen molar-refractivity contribution in [3.63, 3.8) is 0 Å². The average Bonchev–Trinajstić information content (AvgIpc) is 2.15. The van der Waals surface area contributed by atoms with Crippen molar-refractivity contribution in [1.29, 1.82) is 0 Å². The molecule has 0 spiro atoms. The number of hydrogen-bond donors (Lipinski definition) is 1. The fourth-order valence-electron chi connectivity index (χ4n) is 1.05. The van der Waals surface area contributed by atoms with Gasteiger partial charge in [-0.15, -0.1) is 0 Å². The number of hydrogen-bond acceptors (Lipinski definition) is 2. The number of thioether (sulfide) groups is 1. The molecule has 1 aromatic carbocycles. The Morgan fingerprint density at radius 1 is 1.29 bits per heavy atom. The Morgan fingerprint density at radius 2 is 1.93 bits per heavy atom. The topological polar surface area (TPSA) is 20.2 Å². The maximum Gasteiger partial charge on any atom is 0.194 e. The third-order valence-electron chi connectivity index (χ3n) is 1.75. The molecule has 0 aromatic heterocycles. The molecule has 1 N–H and O–H groups in total. The molecule has 0 fully saturated rings. The zero-order chi connectivity index (χ0) is 10.7. The molecule has 1 unspecified atom stereocenters. The van der Waals surface area contributed by atoms with Crippen molar-refractivity contribution >= 4 is 11.8 Å². The van der Waals surface area contributed by atoms with Crippen molar-refractivity contribution in [2.75, 3.05) is 12.0 Å². The molecule has 0 bridgehead atoms. The summed E-state index contributed by atoms with van der Waals surface area (Å²) in [5.74, 6) is -3.86. The van der Waals surface area contributed by atoms with Gasteiger partial charge in [-0.3, -0.25) is 0 Å². The molecule has 0 aliphatic heterocycles. The summed E-state index contributed by atoms with van der Waals surface area (Å²) < 4.78 is 38.3. The summed E-state index contributed by atoms with van der Waals surface area (Å²) in [5, 5.41) is 9.37. The molecular weight excluding hydrogens is 213 g/mol. The van der Waals surface area contributed by atoms with Gasteiger partial charge in [0, 0.05) is 11.3 Å². The Kier molecular flexibility index (Phi) is 3.83. The lowest BCUT2D eigenvalue weighted by Gasteiger charge is -2.10. The zero-order valence-electron chi connectivity index (χ0n) is 7.43. The van der Waals surface area contributed by atoms with E-state index in [2.05, 4.69) is 0 Å². The highest BCUT2D eigenvalue weighted by Crippen LogP contribution is 2.23. The number of aliphatic hydroxyl groups excluding tert-OH is 1. The van der Waals surface area contributed by atoms with Crippen molar-refractivity contribution < 1.29 is 18.3 Å². The highest BCUT2D eigenvalue weighted by molar-refractivity contribution is 7.98. The summed E-state index contributed by atoms with van der Waals surface area (Å²) in [6.07, 6.45) is 0.612. The van der Waals surface area contributed by atoms with Gasteiger partial charge in [-0.1, -0.05) is 6.07 Å². The average molecular weight is 222 g/mol. The Bertz CT molecular complexity index is 330. The minimum absolute atomic E-state index is 0.210. The molecule has 0 saturated carbocycles. The zero-order valence-corrected chi connectivity index (χ0v) is 8.25. The second-order valence-electron chi connectivity index (χ2n) is 2.74. The Labute approximate surface area is 83.9 Å². The van der Waals surface area contributed by atoms with Crippen LogP contribution in [0.25, 0.3) is 0 Å². The van der Waals surface area contributed by atoms with Crippen LogP contribution in [-0.2, 0) is 0 Å². The van der Waals surface area contributed by atoms with Gasteiger partial charge < -0.3 is 5.11 Å².